The molecule has 3 rings (SSSR count). The first kappa shape index (κ1) is 27.3. The maximum Gasteiger partial charge on any atom is 0.191 e. The topological polar surface area (TPSA) is 80.5 Å². The summed E-state index contributed by atoms with van der Waals surface area (Å²) in [6.07, 6.45) is 0.842. The van der Waals surface area contributed by atoms with E-state index < -0.39 is 0 Å². The minimum absolute atomic E-state index is 0. The molecule has 0 radical (unpaired) electrons. The van der Waals surface area contributed by atoms with Crippen LogP contribution in [-0.2, 0) is 11.2 Å². The Bertz CT molecular complexity index is 868. The maximum absolute atomic E-state index is 5.96. The summed E-state index contributed by atoms with van der Waals surface area (Å²) in [4.78, 5) is 7.26. The molecule has 33 heavy (non-hydrogen) atoms. The number of aliphatic imine (C=N–C) groups is 1. The number of guanidine groups is 1. The molecule has 0 saturated carbocycles. The van der Waals surface area contributed by atoms with Gasteiger partial charge in [-0.2, -0.15) is 0 Å². The van der Waals surface area contributed by atoms with E-state index in [2.05, 4.69) is 34.6 Å². The zero-order valence-corrected chi connectivity index (χ0v) is 22.4. The van der Waals surface area contributed by atoms with Crippen LogP contribution >= 0.6 is 24.0 Å². The Labute approximate surface area is 214 Å². The van der Waals surface area contributed by atoms with Crippen LogP contribution in [0.3, 0.4) is 0 Å². The second-order valence-corrected chi connectivity index (χ2v) is 7.70. The molecule has 1 unspecified atom stereocenters. The van der Waals surface area contributed by atoms with Crippen LogP contribution < -0.4 is 20.1 Å². The van der Waals surface area contributed by atoms with Crippen molar-refractivity contribution in [1.82, 2.24) is 15.5 Å². The van der Waals surface area contributed by atoms with E-state index in [0.29, 0.717) is 6.54 Å². The molecule has 1 aliphatic rings. The lowest BCUT2D eigenvalue weighted by Crippen LogP contribution is -2.42. The number of benzene rings is 1. The van der Waals surface area contributed by atoms with Crippen molar-refractivity contribution < 1.29 is 18.6 Å². The third-order valence-corrected chi connectivity index (χ3v) is 5.50. The number of methoxy groups -OCH3 is 2. The Morgan fingerprint density at radius 3 is 2.48 bits per heavy atom. The number of morpholine rings is 1. The number of halogens is 1. The van der Waals surface area contributed by atoms with Crippen LogP contribution in [0.2, 0.25) is 0 Å². The molecule has 1 aromatic carbocycles. The fourth-order valence-electron chi connectivity index (χ4n) is 3.79. The van der Waals surface area contributed by atoms with E-state index in [1.54, 1.807) is 14.2 Å². The van der Waals surface area contributed by atoms with Gasteiger partial charge in [0.1, 0.15) is 11.5 Å². The molecule has 9 heteroatoms. The molecule has 1 aliphatic heterocycles. The van der Waals surface area contributed by atoms with Gasteiger partial charge in [-0.15, -0.1) is 24.0 Å². The average molecular weight is 572 g/mol. The smallest absolute Gasteiger partial charge is 0.191 e. The van der Waals surface area contributed by atoms with Crippen molar-refractivity contribution in [2.45, 2.75) is 26.3 Å². The van der Waals surface area contributed by atoms with Crippen molar-refractivity contribution in [3.05, 3.63) is 47.4 Å². The van der Waals surface area contributed by atoms with Crippen LogP contribution in [0.25, 0.3) is 0 Å². The fourth-order valence-corrected chi connectivity index (χ4v) is 3.79. The number of nitrogens with one attached hydrogen (secondary N) is 2. The van der Waals surface area contributed by atoms with E-state index in [-0.39, 0.29) is 30.0 Å². The van der Waals surface area contributed by atoms with Crippen molar-refractivity contribution in [2.75, 3.05) is 60.2 Å². The van der Waals surface area contributed by atoms with Gasteiger partial charge in [0.15, 0.2) is 17.5 Å². The number of ether oxygens (including phenoxy) is 3. The van der Waals surface area contributed by atoms with Gasteiger partial charge in [0.25, 0.3) is 0 Å². The highest BCUT2D eigenvalue weighted by Crippen LogP contribution is 2.27. The molecule has 2 heterocycles. The van der Waals surface area contributed by atoms with Crippen LogP contribution in [0, 0.1) is 6.92 Å². The van der Waals surface area contributed by atoms with Gasteiger partial charge in [0, 0.05) is 26.2 Å². The fraction of sp³-hybridized carbons (Fsp3) is 0.542. The Morgan fingerprint density at radius 2 is 1.85 bits per heavy atom. The van der Waals surface area contributed by atoms with E-state index in [9.17, 15) is 0 Å². The third-order valence-electron chi connectivity index (χ3n) is 5.50. The van der Waals surface area contributed by atoms with Gasteiger partial charge >= 0.3 is 0 Å². The van der Waals surface area contributed by atoms with Crippen molar-refractivity contribution in [3.63, 3.8) is 0 Å². The molecule has 0 bridgehead atoms. The Kier molecular flexibility index (Phi) is 11.8. The van der Waals surface area contributed by atoms with E-state index in [1.165, 1.54) is 5.56 Å². The molecule has 1 aromatic heterocycles. The highest BCUT2D eigenvalue weighted by molar-refractivity contribution is 14.0. The van der Waals surface area contributed by atoms with E-state index in [1.807, 2.05) is 25.1 Å². The van der Waals surface area contributed by atoms with E-state index in [0.717, 1.165) is 74.8 Å². The first-order chi connectivity index (χ1) is 15.6. The first-order valence-corrected chi connectivity index (χ1v) is 11.3. The first-order valence-electron chi connectivity index (χ1n) is 11.3. The molecule has 0 spiro atoms. The molecule has 2 aromatic rings. The van der Waals surface area contributed by atoms with Crippen LogP contribution in [0.15, 0.2) is 39.7 Å². The van der Waals surface area contributed by atoms with Crippen molar-refractivity contribution >= 4 is 29.9 Å². The largest absolute Gasteiger partial charge is 0.493 e. The number of hydrogen-bond donors (Lipinski definition) is 2. The lowest BCUT2D eigenvalue weighted by molar-refractivity contribution is 0.0135. The Morgan fingerprint density at radius 1 is 1.09 bits per heavy atom. The lowest BCUT2D eigenvalue weighted by Gasteiger charge is -2.32. The van der Waals surface area contributed by atoms with Crippen LogP contribution in [-0.4, -0.2) is 71.0 Å². The molecule has 1 saturated heterocycles. The zero-order valence-electron chi connectivity index (χ0n) is 20.1. The number of furan rings is 1. The van der Waals surface area contributed by atoms with Gasteiger partial charge in [-0.3, -0.25) is 9.89 Å². The quantitative estimate of drug-likeness (QED) is 0.257. The summed E-state index contributed by atoms with van der Waals surface area (Å²) in [7, 11) is 3.30. The molecular formula is C24H37IN4O4. The van der Waals surface area contributed by atoms with Crippen LogP contribution in [0.5, 0.6) is 11.5 Å². The third kappa shape index (κ3) is 8.08. The van der Waals surface area contributed by atoms with Crippen LogP contribution in [0.1, 0.15) is 30.0 Å². The molecule has 184 valence electrons. The van der Waals surface area contributed by atoms with Crippen molar-refractivity contribution in [3.8, 4) is 11.5 Å². The second-order valence-electron chi connectivity index (χ2n) is 7.70. The van der Waals surface area contributed by atoms with E-state index >= 15 is 0 Å². The average Bonchev–Trinajstić information content (AvgIpc) is 3.25. The zero-order chi connectivity index (χ0) is 22.8. The molecule has 2 N–H and O–H groups in total. The predicted molar refractivity (Wildman–Crippen MR) is 141 cm³/mol. The molecule has 1 fully saturated rings. The normalized spacial score (nSPS) is 15.5. The summed E-state index contributed by atoms with van der Waals surface area (Å²) >= 11 is 0. The Hall–Kier alpha value is -1.98. The summed E-state index contributed by atoms with van der Waals surface area (Å²) in [5.41, 5.74) is 1.17. The number of rotatable bonds is 10. The molecule has 8 nitrogen and oxygen atoms in total. The lowest BCUT2D eigenvalue weighted by atomic mass is 10.1. The minimum atomic E-state index is 0. The summed E-state index contributed by atoms with van der Waals surface area (Å²) < 4.78 is 22.2. The minimum Gasteiger partial charge on any atom is -0.493 e. The summed E-state index contributed by atoms with van der Waals surface area (Å²) in [6.45, 7) is 9.44. The maximum atomic E-state index is 5.96. The van der Waals surface area contributed by atoms with Crippen LogP contribution in [0.4, 0.5) is 0 Å². The number of hydrogen-bond acceptors (Lipinski definition) is 6. The Balaban J connectivity index is 0.00000385. The van der Waals surface area contributed by atoms with Crippen molar-refractivity contribution in [1.29, 1.82) is 0 Å². The van der Waals surface area contributed by atoms with Gasteiger partial charge in [0.05, 0.1) is 40.0 Å². The molecule has 0 aliphatic carbocycles. The van der Waals surface area contributed by atoms with Gasteiger partial charge in [-0.05, 0) is 50.1 Å². The van der Waals surface area contributed by atoms with Gasteiger partial charge < -0.3 is 29.3 Å². The monoisotopic (exact) mass is 572 g/mol. The second kappa shape index (κ2) is 14.3. The summed E-state index contributed by atoms with van der Waals surface area (Å²) in [5.74, 6) is 4.15. The number of nitrogens with zero attached hydrogens (tertiary/aromatic N) is 2. The van der Waals surface area contributed by atoms with Gasteiger partial charge in [0.2, 0.25) is 0 Å². The SMILES string of the molecule is CCNC(=NCC(c1ccc(C)o1)N1CCOCC1)NCCc1ccc(OC)c(OC)c1.I. The van der Waals surface area contributed by atoms with Gasteiger partial charge in [-0.25, -0.2) is 0 Å². The standard InChI is InChI=1S/C24H36N4O4.HI/c1-5-25-24(26-11-10-19-7-9-22(29-3)23(16-19)30-4)27-17-20(21-8-6-18(2)32-21)28-12-14-31-15-13-28;/h6-9,16,20H,5,10-15,17H2,1-4H3,(H2,25,26,27);1H. The molecular weight excluding hydrogens is 535 g/mol. The van der Waals surface area contributed by atoms with Gasteiger partial charge in [-0.1, -0.05) is 6.07 Å². The van der Waals surface area contributed by atoms with Crippen molar-refractivity contribution in [2.24, 2.45) is 4.99 Å². The molecule has 1 atom stereocenters. The summed E-state index contributed by atoms with van der Waals surface area (Å²) in [6, 6.07) is 10.2. The highest BCUT2D eigenvalue weighted by Gasteiger charge is 2.25. The van der Waals surface area contributed by atoms with E-state index in [4.69, 9.17) is 23.6 Å². The summed E-state index contributed by atoms with van der Waals surface area (Å²) in [5, 5.41) is 6.79. The predicted octanol–water partition coefficient (Wildman–Crippen LogP) is 3.39. The molecule has 0 amide bonds. The number of aryl methyl sites for hydroxylation is 1. The highest BCUT2D eigenvalue weighted by atomic mass is 127.